The van der Waals surface area contributed by atoms with E-state index in [1.54, 1.807) is 22.8 Å². The molecule has 0 aliphatic carbocycles. The smallest absolute Gasteiger partial charge is 0.266 e. The number of rotatable bonds is 4. The highest BCUT2D eigenvalue weighted by molar-refractivity contribution is 5.84. The van der Waals surface area contributed by atoms with Gasteiger partial charge in [0, 0.05) is 0 Å². The van der Waals surface area contributed by atoms with Crippen LogP contribution in [0.15, 0.2) is 47.3 Å². The quantitative estimate of drug-likeness (QED) is 0.606. The second-order valence-electron chi connectivity index (χ2n) is 5.86. The van der Waals surface area contributed by atoms with Gasteiger partial charge in [-0.3, -0.25) is 9.36 Å². The summed E-state index contributed by atoms with van der Waals surface area (Å²) < 4.78 is 7.37. The lowest BCUT2D eigenvalue weighted by Crippen LogP contribution is -2.23. The Morgan fingerprint density at radius 3 is 2.73 bits per heavy atom. The summed E-state index contributed by atoms with van der Waals surface area (Å²) in [5.74, 6) is 1.52. The topological polar surface area (TPSA) is 98.6 Å². The lowest BCUT2D eigenvalue weighted by molar-refractivity contribution is 0.299. The van der Waals surface area contributed by atoms with Gasteiger partial charge in [-0.1, -0.05) is 29.5 Å². The van der Waals surface area contributed by atoms with Gasteiger partial charge in [0.2, 0.25) is 5.82 Å². The third-order valence-electron chi connectivity index (χ3n) is 4.13. The van der Waals surface area contributed by atoms with Crippen molar-refractivity contribution in [3.05, 3.63) is 70.0 Å². The molecule has 26 heavy (non-hydrogen) atoms. The zero-order valence-corrected chi connectivity index (χ0v) is 14.3. The van der Waals surface area contributed by atoms with Gasteiger partial charge in [0.1, 0.15) is 17.1 Å². The van der Waals surface area contributed by atoms with E-state index in [-0.39, 0.29) is 12.2 Å². The first-order valence-electron chi connectivity index (χ1n) is 8.08. The maximum absolute atomic E-state index is 13.1. The minimum absolute atomic E-state index is 0.133. The highest BCUT2D eigenvalue weighted by atomic mass is 16.5. The number of aromatic amines is 1. The number of hydrogen-bond donors (Lipinski definition) is 1. The number of benzene rings is 2. The van der Waals surface area contributed by atoms with Crippen molar-refractivity contribution < 1.29 is 4.74 Å². The van der Waals surface area contributed by atoms with Crippen LogP contribution in [-0.4, -0.2) is 30.2 Å². The van der Waals surface area contributed by atoms with Crippen LogP contribution in [-0.2, 0) is 6.61 Å². The van der Waals surface area contributed by atoms with Crippen molar-refractivity contribution in [2.24, 2.45) is 0 Å². The van der Waals surface area contributed by atoms with E-state index in [4.69, 9.17) is 4.74 Å². The Balaban J connectivity index is 1.84. The van der Waals surface area contributed by atoms with E-state index < -0.39 is 0 Å². The minimum Gasteiger partial charge on any atom is -0.483 e. The summed E-state index contributed by atoms with van der Waals surface area (Å²) in [6.07, 6.45) is 0. The largest absolute Gasteiger partial charge is 0.483 e. The fourth-order valence-corrected chi connectivity index (χ4v) is 2.89. The predicted molar refractivity (Wildman–Crippen MR) is 95.3 cm³/mol. The zero-order chi connectivity index (χ0) is 18.1. The molecule has 4 aromatic rings. The van der Waals surface area contributed by atoms with E-state index in [2.05, 4.69) is 25.6 Å². The number of H-pyrrole nitrogens is 1. The number of tetrazole rings is 1. The molecule has 8 nitrogen and oxygen atoms in total. The first kappa shape index (κ1) is 15.9. The van der Waals surface area contributed by atoms with E-state index in [0.717, 1.165) is 11.3 Å². The Labute approximate surface area is 148 Å². The van der Waals surface area contributed by atoms with Crippen molar-refractivity contribution in [1.82, 2.24) is 30.2 Å². The van der Waals surface area contributed by atoms with E-state index in [9.17, 15) is 4.79 Å². The van der Waals surface area contributed by atoms with Crippen molar-refractivity contribution in [3.8, 4) is 11.4 Å². The number of nitrogens with zero attached hydrogens (tertiary/aromatic N) is 5. The van der Waals surface area contributed by atoms with Gasteiger partial charge in [0.15, 0.2) is 6.61 Å². The van der Waals surface area contributed by atoms with Gasteiger partial charge in [0.05, 0.1) is 11.1 Å². The van der Waals surface area contributed by atoms with Crippen molar-refractivity contribution >= 4 is 10.9 Å². The van der Waals surface area contributed by atoms with Gasteiger partial charge in [-0.15, -0.1) is 10.2 Å². The second kappa shape index (κ2) is 6.40. The molecule has 4 rings (SSSR count). The minimum atomic E-state index is -0.133. The molecule has 0 saturated carbocycles. The number of ether oxygens (including phenoxy) is 1. The number of para-hydroxylation sites is 2. The Bertz CT molecular complexity index is 1130. The SMILES string of the molecule is Cc1ccccc1-n1c(C)nc2c(OCc3nn[nH]n3)cccc2c1=O. The molecule has 0 unspecified atom stereocenters. The number of aromatic nitrogens is 6. The molecule has 0 amide bonds. The normalized spacial score (nSPS) is 11.0. The third-order valence-corrected chi connectivity index (χ3v) is 4.13. The molecule has 130 valence electrons. The van der Waals surface area contributed by atoms with Crippen LogP contribution in [0.4, 0.5) is 0 Å². The molecule has 0 fully saturated rings. The molecule has 2 heterocycles. The van der Waals surface area contributed by atoms with Gasteiger partial charge in [-0.05, 0) is 37.6 Å². The van der Waals surface area contributed by atoms with Gasteiger partial charge in [-0.2, -0.15) is 5.21 Å². The van der Waals surface area contributed by atoms with Crippen LogP contribution in [0.3, 0.4) is 0 Å². The first-order chi connectivity index (χ1) is 12.6. The van der Waals surface area contributed by atoms with Crippen LogP contribution in [0.25, 0.3) is 16.6 Å². The molecule has 0 saturated heterocycles. The zero-order valence-electron chi connectivity index (χ0n) is 14.3. The number of nitrogens with one attached hydrogen (secondary N) is 1. The molecule has 0 radical (unpaired) electrons. The van der Waals surface area contributed by atoms with Crippen LogP contribution in [0.1, 0.15) is 17.2 Å². The molecule has 0 aliphatic heterocycles. The van der Waals surface area contributed by atoms with Gasteiger partial charge in [0.25, 0.3) is 5.56 Å². The molecule has 2 aromatic heterocycles. The summed E-state index contributed by atoms with van der Waals surface area (Å²) in [5.41, 5.74) is 2.21. The summed E-state index contributed by atoms with van der Waals surface area (Å²) in [6, 6.07) is 13.0. The Hall–Kier alpha value is -3.55. The second-order valence-corrected chi connectivity index (χ2v) is 5.86. The van der Waals surface area contributed by atoms with E-state index in [1.807, 2.05) is 38.1 Å². The van der Waals surface area contributed by atoms with Crippen molar-refractivity contribution in [1.29, 1.82) is 0 Å². The van der Waals surface area contributed by atoms with Gasteiger partial charge < -0.3 is 4.74 Å². The maximum atomic E-state index is 13.1. The summed E-state index contributed by atoms with van der Waals surface area (Å²) >= 11 is 0. The first-order valence-corrected chi connectivity index (χ1v) is 8.08. The highest BCUT2D eigenvalue weighted by Crippen LogP contribution is 2.24. The molecule has 0 spiro atoms. The fourth-order valence-electron chi connectivity index (χ4n) is 2.89. The number of aryl methyl sites for hydroxylation is 2. The van der Waals surface area contributed by atoms with Crippen molar-refractivity contribution in [3.63, 3.8) is 0 Å². The van der Waals surface area contributed by atoms with Crippen LogP contribution in [0.5, 0.6) is 5.75 Å². The van der Waals surface area contributed by atoms with Crippen molar-refractivity contribution in [2.75, 3.05) is 0 Å². The van der Waals surface area contributed by atoms with Crippen molar-refractivity contribution in [2.45, 2.75) is 20.5 Å². The molecular weight excluding hydrogens is 332 g/mol. The molecule has 8 heteroatoms. The van der Waals surface area contributed by atoms with Crippen LogP contribution in [0, 0.1) is 13.8 Å². The molecule has 0 atom stereocenters. The lowest BCUT2D eigenvalue weighted by atomic mass is 10.1. The predicted octanol–water partition coefficient (Wildman–Crippen LogP) is 2.09. The standard InChI is InChI=1S/C18H16N6O2/c1-11-6-3-4-8-14(11)24-12(2)19-17-13(18(24)25)7-5-9-15(17)26-10-16-20-22-23-21-16/h3-9H,10H2,1-2H3,(H,20,21,22,23). The van der Waals surface area contributed by atoms with Gasteiger partial charge >= 0.3 is 0 Å². The summed E-state index contributed by atoms with van der Waals surface area (Å²) in [4.78, 5) is 17.7. The number of fused-ring (bicyclic) bond motifs is 1. The van der Waals surface area contributed by atoms with Crippen LogP contribution >= 0.6 is 0 Å². The number of hydrogen-bond acceptors (Lipinski definition) is 6. The van der Waals surface area contributed by atoms with Crippen LogP contribution in [0.2, 0.25) is 0 Å². The Morgan fingerprint density at radius 1 is 1.12 bits per heavy atom. The lowest BCUT2D eigenvalue weighted by Gasteiger charge is -2.14. The molecule has 0 bridgehead atoms. The van der Waals surface area contributed by atoms with E-state index in [0.29, 0.717) is 28.3 Å². The summed E-state index contributed by atoms with van der Waals surface area (Å²) in [6.45, 7) is 3.91. The average Bonchev–Trinajstić information content (AvgIpc) is 3.15. The summed E-state index contributed by atoms with van der Waals surface area (Å²) in [5, 5.41) is 14.1. The molecular formula is C18H16N6O2. The monoisotopic (exact) mass is 348 g/mol. The van der Waals surface area contributed by atoms with E-state index in [1.165, 1.54) is 0 Å². The maximum Gasteiger partial charge on any atom is 0.266 e. The Morgan fingerprint density at radius 2 is 1.96 bits per heavy atom. The average molecular weight is 348 g/mol. The van der Waals surface area contributed by atoms with Gasteiger partial charge in [-0.25, -0.2) is 4.98 Å². The summed E-state index contributed by atoms with van der Waals surface area (Å²) in [7, 11) is 0. The third kappa shape index (κ3) is 2.71. The molecule has 2 aromatic carbocycles. The van der Waals surface area contributed by atoms with E-state index >= 15 is 0 Å². The van der Waals surface area contributed by atoms with Crippen LogP contribution < -0.4 is 10.3 Å². The fraction of sp³-hybridized carbons (Fsp3) is 0.167. The molecule has 1 N–H and O–H groups in total. The Kier molecular flexibility index (Phi) is 3.92. The highest BCUT2D eigenvalue weighted by Gasteiger charge is 2.14. The molecule has 0 aliphatic rings.